The van der Waals surface area contributed by atoms with Gasteiger partial charge in [0.05, 0.1) is 37.7 Å². The molecule has 3 fully saturated rings. The maximum Gasteiger partial charge on any atom is 0.231 e. The van der Waals surface area contributed by atoms with Crippen LogP contribution in [0.3, 0.4) is 0 Å². The van der Waals surface area contributed by atoms with Gasteiger partial charge in [0.15, 0.2) is 11.5 Å². The Morgan fingerprint density at radius 3 is 2.45 bits per heavy atom. The quantitative estimate of drug-likeness (QED) is 0.320. The van der Waals surface area contributed by atoms with Crippen molar-refractivity contribution < 1.29 is 30.9 Å². The largest absolute Gasteiger partial charge is 1.00 e. The van der Waals surface area contributed by atoms with Crippen molar-refractivity contribution in [2.24, 2.45) is 23.7 Å². The Morgan fingerprint density at radius 2 is 1.74 bits per heavy atom. The standard InChI is InChI=1S/C33H41N2O2.BrH/c1-2-18-35(19-16-25-13-14-31-32(20-25)37-24-36-31)21-29-28(30(29)22-35)15-17-33(23-34,26-9-5-3-6-10-26)27-11-7-4-8-12-27;/h2-3,5-6,9-10,13-14,20,27-30H,1,4,7-8,11-12,15-19,21-22,24H2;1H/q+1;/p-1. The first-order chi connectivity index (χ1) is 18.2. The zero-order chi connectivity index (χ0) is 25.3. The van der Waals surface area contributed by atoms with E-state index in [1.807, 2.05) is 6.07 Å². The lowest BCUT2D eigenvalue weighted by Crippen LogP contribution is -3.00. The SMILES string of the molecule is C=CC[N+]1(CCc2ccc3c(c2)OCO3)CC2C(CCC(C#N)(c3ccccc3)C3CCCCC3)C2C1.[Br-]. The molecule has 0 bridgehead atoms. The van der Waals surface area contributed by atoms with Crippen molar-refractivity contribution in [2.75, 3.05) is 33.0 Å². The number of nitrogens with zero attached hydrogens (tertiary/aromatic N) is 2. The first-order valence-corrected chi connectivity index (χ1v) is 14.5. The summed E-state index contributed by atoms with van der Waals surface area (Å²) in [5.41, 5.74) is 2.28. The number of likely N-dealkylation sites (tertiary alicyclic amines) is 1. The molecule has 202 valence electrons. The summed E-state index contributed by atoms with van der Waals surface area (Å²) in [6, 6.07) is 20.1. The van der Waals surface area contributed by atoms with Crippen LogP contribution in [0.15, 0.2) is 61.2 Å². The van der Waals surface area contributed by atoms with E-state index < -0.39 is 0 Å². The molecule has 2 aromatic carbocycles. The Kier molecular flexibility index (Phi) is 8.22. The maximum atomic E-state index is 10.6. The summed E-state index contributed by atoms with van der Waals surface area (Å²) in [4.78, 5) is 0. The van der Waals surface area contributed by atoms with Gasteiger partial charge in [-0.1, -0.05) is 62.2 Å². The van der Waals surface area contributed by atoms with Crippen molar-refractivity contribution in [1.29, 1.82) is 5.26 Å². The highest BCUT2D eigenvalue weighted by atomic mass is 79.9. The summed E-state index contributed by atoms with van der Waals surface area (Å²) in [6.45, 7) is 9.17. The summed E-state index contributed by atoms with van der Waals surface area (Å²) < 4.78 is 12.2. The van der Waals surface area contributed by atoms with Crippen LogP contribution in [0.25, 0.3) is 0 Å². The number of fused-ring (bicyclic) bond motifs is 2. The van der Waals surface area contributed by atoms with Crippen molar-refractivity contribution in [3.8, 4) is 17.6 Å². The molecule has 0 amide bonds. The van der Waals surface area contributed by atoms with Crippen molar-refractivity contribution >= 4 is 0 Å². The van der Waals surface area contributed by atoms with Gasteiger partial charge in [-0.25, -0.2) is 0 Å². The molecule has 6 rings (SSSR count). The molecule has 3 unspecified atom stereocenters. The van der Waals surface area contributed by atoms with Crippen LogP contribution in [-0.4, -0.2) is 37.5 Å². The van der Waals surface area contributed by atoms with Gasteiger partial charge in [0.2, 0.25) is 6.79 Å². The number of hydrogen-bond donors (Lipinski definition) is 0. The highest BCUT2D eigenvalue weighted by molar-refractivity contribution is 5.44. The van der Waals surface area contributed by atoms with E-state index >= 15 is 0 Å². The highest BCUT2D eigenvalue weighted by Gasteiger charge is 2.62. The molecule has 2 saturated carbocycles. The van der Waals surface area contributed by atoms with Crippen LogP contribution < -0.4 is 26.5 Å². The number of piperidine rings is 1. The van der Waals surface area contributed by atoms with Crippen LogP contribution in [0.2, 0.25) is 0 Å². The van der Waals surface area contributed by atoms with Crippen molar-refractivity contribution in [3.63, 3.8) is 0 Å². The van der Waals surface area contributed by atoms with Gasteiger partial charge in [0, 0.05) is 18.3 Å². The number of benzene rings is 2. The number of quaternary nitrogens is 1. The molecule has 4 aliphatic rings. The molecular formula is C33H41BrN2O2. The minimum absolute atomic E-state index is 0. The topological polar surface area (TPSA) is 42.2 Å². The third kappa shape index (κ3) is 5.15. The first kappa shape index (κ1) is 27.3. The number of halogens is 1. The van der Waals surface area contributed by atoms with E-state index in [1.54, 1.807) is 0 Å². The molecule has 0 spiro atoms. The number of rotatable bonds is 10. The summed E-state index contributed by atoms with van der Waals surface area (Å²) >= 11 is 0. The monoisotopic (exact) mass is 576 g/mol. The molecule has 1 saturated heterocycles. The average Bonchev–Trinajstić information content (AvgIpc) is 3.26. The summed E-state index contributed by atoms with van der Waals surface area (Å²) in [5.74, 6) is 4.67. The minimum Gasteiger partial charge on any atom is -1.00 e. The van der Waals surface area contributed by atoms with Crippen molar-refractivity contribution in [3.05, 3.63) is 72.3 Å². The van der Waals surface area contributed by atoms with Crippen LogP contribution in [0, 0.1) is 35.0 Å². The molecule has 0 aromatic heterocycles. The predicted octanol–water partition coefficient (Wildman–Crippen LogP) is 3.66. The molecule has 0 N–H and O–H groups in total. The van der Waals surface area contributed by atoms with Crippen molar-refractivity contribution in [1.82, 2.24) is 0 Å². The second-order valence-electron chi connectivity index (χ2n) is 12.2. The van der Waals surface area contributed by atoms with Gasteiger partial charge in [-0.15, -0.1) is 0 Å². The second kappa shape index (κ2) is 11.4. The number of ether oxygens (including phenoxy) is 2. The summed E-state index contributed by atoms with van der Waals surface area (Å²) in [6.07, 6.45) is 11.7. The maximum absolute atomic E-state index is 10.6. The summed E-state index contributed by atoms with van der Waals surface area (Å²) in [5, 5.41) is 10.6. The smallest absolute Gasteiger partial charge is 0.231 e. The van der Waals surface area contributed by atoms with Gasteiger partial charge in [0.25, 0.3) is 0 Å². The Hall–Kier alpha value is -2.29. The fraction of sp³-hybridized carbons (Fsp3) is 0.545. The fourth-order valence-electron chi connectivity index (χ4n) is 8.14. The number of hydrogen-bond acceptors (Lipinski definition) is 3. The minimum atomic E-state index is -0.315. The zero-order valence-corrected chi connectivity index (χ0v) is 24.1. The molecule has 5 heteroatoms. The zero-order valence-electron chi connectivity index (χ0n) is 22.5. The van der Waals surface area contributed by atoms with E-state index in [-0.39, 0.29) is 22.4 Å². The second-order valence-corrected chi connectivity index (χ2v) is 12.2. The van der Waals surface area contributed by atoms with Crippen LogP contribution in [0.1, 0.15) is 56.1 Å². The summed E-state index contributed by atoms with van der Waals surface area (Å²) in [7, 11) is 0. The van der Waals surface area contributed by atoms with Gasteiger partial charge < -0.3 is 30.9 Å². The predicted molar refractivity (Wildman–Crippen MR) is 146 cm³/mol. The van der Waals surface area contributed by atoms with E-state index in [4.69, 9.17) is 9.47 Å². The number of nitriles is 1. The fourth-order valence-corrected chi connectivity index (χ4v) is 8.14. The van der Waals surface area contributed by atoms with Gasteiger partial charge in [0.1, 0.15) is 0 Å². The molecule has 2 aliphatic heterocycles. The third-order valence-corrected chi connectivity index (χ3v) is 10.2. The lowest BCUT2D eigenvalue weighted by molar-refractivity contribution is -0.916. The van der Waals surface area contributed by atoms with Crippen molar-refractivity contribution in [2.45, 2.75) is 56.8 Å². The first-order valence-electron chi connectivity index (χ1n) is 14.5. The molecule has 0 radical (unpaired) electrons. The normalized spacial score (nSPS) is 29.0. The Balaban J connectivity index is 0.00000294. The van der Waals surface area contributed by atoms with E-state index in [0.29, 0.717) is 12.7 Å². The van der Waals surface area contributed by atoms with Crippen LogP contribution in [-0.2, 0) is 11.8 Å². The van der Waals surface area contributed by atoms with Gasteiger partial charge in [-0.05, 0) is 66.9 Å². The molecule has 2 aromatic rings. The van der Waals surface area contributed by atoms with Gasteiger partial charge >= 0.3 is 0 Å². The molecule has 2 heterocycles. The molecular weight excluding hydrogens is 536 g/mol. The Labute approximate surface area is 239 Å². The van der Waals surface area contributed by atoms with E-state index in [1.165, 1.54) is 62.7 Å². The Bertz CT molecular complexity index is 1140. The highest BCUT2D eigenvalue weighted by Crippen LogP contribution is 2.58. The third-order valence-electron chi connectivity index (χ3n) is 10.2. The molecule has 3 atom stereocenters. The van der Waals surface area contributed by atoms with Crippen LogP contribution in [0.5, 0.6) is 11.5 Å². The van der Waals surface area contributed by atoms with E-state index in [9.17, 15) is 5.26 Å². The van der Waals surface area contributed by atoms with Gasteiger partial charge in [-0.3, -0.25) is 0 Å². The van der Waals surface area contributed by atoms with E-state index in [2.05, 4.69) is 61.2 Å². The molecule has 4 nitrogen and oxygen atoms in total. The lowest BCUT2D eigenvalue weighted by Gasteiger charge is -2.39. The van der Waals surface area contributed by atoms with E-state index in [0.717, 1.165) is 59.7 Å². The average molecular weight is 578 g/mol. The van der Waals surface area contributed by atoms with Crippen LogP contribution >= 0.6 is 0 Å². The van der Waals surface area contributed by atoms with Gasteiger partial charge in [-0.2, -0.15) is 5.26 Å². The molecule has 38 heavy (non-hydrogen) atoms. The Morgan fingerprint density at radius 1 is 1.00 bits per heavy atom. The van der Waals surface area contributed by atoms with Crippen LogP contribution in [0.4, 0.5) is 0 Å². The lowest BCUT2D eigenvalue weighted by atomic mass is 9.63. The molecule has 2 aliphatic carbocycles.